The van der Waals surface area contributed by atoms with Crippen molar-refractivity contribution in [1.82, 2.24) is 10.3 Å². The number of β-amino-alcohol motifs (C(OH)–C–C–N with tert-alkyl or cyclic N) is 1. The number of nitrogens with zero attached hydrogens (tertiary/aromatic N) is 2. The number of urea groups is 1. The second kappa shape index (κ2) is 6.87. The second-order valence-corrected chi connectivity index (χ2v) is 9.40. The number of nitrogens with one attached hydrogen (secondary N) is 1. The number of benzene rings is 1. The molecule has 2 saturated carbocycles. The van der Waals surface area contributed by atoms with Gasteiger partial charge in [0.2, 0.25) is 0 Å². The van der Waals surface area contributed by atoms with Crippen molar-refractivity contribution in [3.63, 3.8) is 0 Å². The molecule has 1 heterocycles. The Morgan fingerprint density at radius 2 is 1.93 bits per heavy atom. The summed E-state index contributed by atoms with van der Waals surface area (Å²) < 4.78 is 0. The van der Waals surface area contributed by atoms with Gasteiger partial charge in [-0.25, -0.2) is 9.80 Å². The zero-order valence-corrected chi connectivity index (χ0v) is 17.4. The van der Waals surface area contributed by atoms with E-state index in [0.717, 1.165) is 18.4 Å². The number of carbonyl (C=O) groups excluding carboxylic acids is 1. The lowest BCUT2D eigenvalue weighted by atomic mass is 9.76. The molecule has 2 atom stereocenters. The molecule has 5 heteroatoms. The Hall–Kier alpha value is -1.88. The Balaban J connectivity index is 1.57. The maximum absolute atomic E-state index is 13.2. The Morgan fingerprint density at radius 3 is 2.50 bits per heavy atom. The fourth-order valence-electron chi connectivity index (χ4n) is 5.65. The molecule has 4 rings (SSSR count). The van der Waals surface area contributed by atoms with E-state index in [4.69, 9.17) is 0 Å². The van der Waals surface area contributed by atoms with Crippen LogP contribution in [-0.4, -0.2) is 33.9 Å². The number of fused-ring (bicyclic) bond motifs is 2. The molecular formula is C23H33N3O2. The number of amides is 2. The molecule has 3 aliphatic rings. The first kappa shape index (κ1) is 19.4. The molecule has 0 spiro atoms. The third kappa shape index (κ3) is 2.86. The highest BCUT2D eigenvalue weighted by molar-refractivity contribution is 5.97. The van der Waals surface area contributed by atoms with Crippen LogP contribution in [-0.2, 0) is 5.60 Å². The summed E-state index contributed by atoms with van der Waals surface area (Å²) in [4.78, 5) is 13.2. The molecule has 0 radical (unpaired) electrons. The molecule has 5 nitrogen and oxygen atoms in total. The summed E-state index contributed by atoms with van der Waals surface area (Å²) >= 11 is 0. The van der Waals surface area contributed by atoms with Crippen molar-refractivity contribution in [2.45, 2.75) is 76.9 Å². The molecule has 2 aliphatic carbocycles. The first-order chi connectivity index (χ1) is 13.3. The Labute approximate surface area is 168 Å². The van der Waals surface area contributed by atoms with E-state index in [1.807, 2.05) is 30.3 Å². The minimum atomic E-state index is -1.20. The van der Waals surface area contributed by atoms with E-state index >= 15 is 0 Å². The van der Waals surface area contributed by atoms with Crippen molar-refractivity contribution in [3.05, 3.63) is 35.9 Å². The van der Waals surface area contributed by atoms with Gasteiger partial charge in [0.25, 0.3) is 0 Å². The zero-order valence-electron chi connectivity index (χ0n) is 17.4. The molecule has 2 N–H and O–H groups in total. The van der Waals surface area contributed by atoms with E-state index in [1.165, 1.54) is 30.7 Å². The lowest BCUT2D eigenvalue weighted by molar-refractivity contribution is 0.0857. The van der Waals surface area contributed by atoms with E-state index in [9.17, 15) is 9.90 Å². The lowest BCUT2D eigenvalue weighted by Gasteiger charge is -2.39. The van der Waals surface area contributed by atoms with Crippen LogP contribution in [0, 0.1) is 11.3 Å². The monoisotopic (exact) mass is 383 g/mol. The highest BCUT2D eigenvalue weighted by atomic mass is 16.3. The predicted octanol–water partition coefficient (Wildman–Crippen LogP) is 4.41. The number of hydrogen-bond acceptors (Lipinski definition) is 3. The number of aliphatic hydroxyl groups is 1. The predicted molar refractivity (Wildman–Crippen MR) is 111 cm³/mol. The molecule has 2 bridgehead atoms. The molecule has 2 amide bonds. The molecule has 1 aliphatic heterocycles. The van der Waals surface area contributed by atoms with Gasteiger partial charge in [-0.2, -0.15) is 5.10 Å². The van der Waals surface area contributed by atoms with Gasteiger partial charge >= 0.3 is 6.03 Å². The molecule has 1 aromatic carbocycles. The Morgan fingerprint density at radius 1 is 1.25 bits per heavy atom. The van der Waals surface area contributed by atoms with Gasteiger partial charge < -0.3 is 10.4 Å². The largest absolute Gasteiger partial charge is 0.377 e. The summed E-state index contributed by atoms with van der Waals surface area (Å²) in [5.74, 6) is 0.542. The third-order valence-corrected chi connectivity index (χ3v) is 7.88. The third-order valence-electron chi connectivity index (χ3n) is 7.88. The first-order valence-electron chi connectivity index (χ1n) is 10.8. The maximum atomic E-state index is 13.2. The van der Waals surface area contributed by atoms with Gasteiger partial charge in [-0.1, -0.05) is 50.6 Å². The number of carbonyl (C=O) groups is 1. The standard InChI is InChI=1S/C23H33N3O2/c1-4-5-11-19-23(28,18-9-7-6-8-10-18)16-26(25-19)20(27)24-22(3)17-12-14-21(22,2)15-13-17/h6-10,17,28H,4-5,11-16H2,1-3H3,(H,24,27). The molecule has 28 heavy (non-hydrogen) atoms. The van der Waals surface area contributed by atoms with Gasteiger partial charge in [-0.15, -0.1) is 0 Å². The summed E-state index contributed by atoms with van der Waals surface area (Å²) in [5, 5.41) is 20.9. The van der Waals surface area contributed by atoms with Crippen LogP contribution in [0.1, 0.15) is 71.3 Å². The summed E-state index contributed by atoms with van der Waals surface area (Å²) in [6.45, 7) is 6.82. The zero-order chi connectivity index (χ0) is 20.0. The van der Waals surface area contributed by atoms with E-state index in [1.54, 1.807) is 0 Å². The summed E-state index contributed by atoms with van der Waals surface area (Å²) in [5.41, 5.74) is 0.280. The van der Waals surface area contributed by atoms with Gasteiger partial charge in [-0.3, -0.25) is 0 Å². The van der Waals surface area contributed by atoms with Crippen molar-refractivity contribution >= 4 is 11.7 Å². The topological polar surface area (TPSA) is 64.9 Å². The maximum Gasteiger partial charge on any atom is 0.338 e. The van der Waals surface area contributed by atoms with Crippen LogP contribution >= 0.6 is 0 Å². The van der Waals surface area contributed by atoms with E-state index in [-0.39, 0.29) is 23.5 Å². The summed E-state index contributed by atoms with van der Waals surface area (Å²) in [7, 11) is 0. The van der Waals surface area contributed by atoms with E-state index in [0.29, 0.717) is 18.1 Å². The van der Waals surface area contributed by atoms with Crippen molar-refractivity contribution in [3.8, 4) is 0 Å². The molecule has 0 saturated heterocycles. The fraction of sp³-hybridized carbons (Fsp3) is 0.652. The van der Waals surface area contributed by atoms with Crippen LogP contribution in [0.5, 0.6) is 0 Å². The minimum Gasteiger partial charge on any atom is -0.377 e. The van der Waals surface area contributed by atoms with Gasteiger partial charge in [0.1, 0.15) is 5.60 Å². The number of unbranched alkanes of at least 4 members (excludes halogenated alkanes) is 1. The summed E-state index contributed by atoms with van der Waals surface area (Å²) in [6, 6.07) is 9.44. The van der Waals surface area contributed by atoms with Crippen molar-refractivity contribution in [2.24, 2.45) is 16.4 Å². The molecule has 152 valence electrons. The average Bonchev–Trinajstić information content (AvgIpc) is 3.25. The van der Waals surface area contributed by atoms with Gasteiger partial charge in [0.05, 0.1) is 12.3 Å². The number of hydrogen-bond donors (Lipinski definition) is 2. The van der Waals surface area contributed by atoms with Crippen LogP contribution < -0.4 is 5.32 Å². The first-order valence-corrected chi connectivity index (χ1v) is 10.8. The second-order valence-electron chi connectivity index (χ2n) is 9.40. The number of hydrazone groups is 1. The lowest BCUT2D eigenvalue weighted by Crippen LogP contribution is -2.57. The normalized spacial score (nSPS) is 36.6. The highest BCUT2D eigenvalue weighted by Gasteiger charge is 2.60. The van der Waals surface area contributed by atoms with Crippen molar-refractivity contribution in [2.75, 3.05) is 6.54 Å². The van der Waals surface area contributed by atoms with E-state index < -0.39 is 5.60 Å². The molecule has 1 aromatic rings. The highest BCUT2D eigenvalue weighted by Crippen LogP contribution is 2.60. The van der Waals surface area contributed by atoms with Gasteiger partial charge in [0.15, 0.2) is 0 Å². The molecule has 2 unspecified atom stereocenters. The molecule has 2 fully saturated rings. The smallest absolute Gasteiger partial charge is 0.338 e. The van der Waals surface area contributed by atoms with Gasteiger partial charge in [0, 0.05) is 5.54 Å². The van der Waals surface area contributed by atoms with Crippen molar-refractivity contribution < 1.29 is 9.90 Å². The quantitative estimate of drug-likeness (QED) is 0.791. The van der Waals surface area contributed by atoms with E-state index in [2.05, 4.69) is 31.2 Å². The summed E-state index contributed by atoms with van der Waals surface area (Å²) in [6.07, 6.45) is 7.39. The molecule has 0 aromatic heterocycles. The average molecular weight is 384 g/mol. The van der Waals surface area contributed by atoms with Crippen LogP contribution in [0.3, 0.4) is 0 Å². The SMILES string of the molecule is CCCCC1=NN(C(=O)NC2(C)C3CCC2(C)CC3)CC1(O)c1ccccc1. The number of rotatable bonds is 5. The minimum absolute atomic E-state index is 0.164. The van der Waals surface area contributed by atoms with Crippen molar-refractivity contribution in [1.29, 1.82) is 0 Å². The van der Waals surface area contributed by atoms with Gasteiger partial charge in [-0.05, 0) is 62.3 Å². The Kier molecular flexibility index (Phi) is 4.77. The molecular weight excluding hydrogens is 350 g/mol. The van der Waals surface area contributed by atoms with Crippen LogP contribution in [0.15, 0.2) is 35.4 Å². The van der Waals surface area contributed by atoms with Crippen LogP contribution in [0.25, 0.3) is 0 Å². The van der Waals surface area contributed by atoms with Crippen LogP contribution in [0.4, 0.5) is 4.79 Å². The van der Waals surface area contributed by atoms with Crippen LogP contribution in [0.2, 0.25) is 0 Å². The fourth-order valence-corrected chi connectivity index (χ4v) is 5.65. The Bertz CT molecular complexity index is 769.